The van der Waals surface area contributed by atoms with Gasteiger partial charge in [0.15, 0.2) is 0 Å². The topological polar surface area (TPSA) is 80.9 Å². The smallest absolute Gasteiger partial charge is 0.242 e. The van der Waals surface area contributed by atoms with Gasteiger partial charge in [-0.2, -0.15) is 4.37 Å². The summed E-state index contributed by atoms with van der Waals surface area (Å²) in [5, 5.41) is 3.52. The van der Waals surface area contributed by atoms with Crippen LogP contribution in [-0.2, 0) is 4.79 Å². The molecule has 1 aromatic heterocycles. The van der Waals surface area contributed by atoms with E-state index in [-0.39, 0.29) is 0 Å². The van der Waals surface area contributed by atoms with Gasteiger partial charge in [0, 0.05) is 11.5 Å². The Morgan fingerprint density at radius 2 is 2.23 bits per heavy atom. The van der Waals surface area contributed by atoms with Gasteiger partial charge in [-0.25, -0.2) is 4.98 Å². The van der Waals surface area contributed by atoms with E-state index in [0.29, 0.717) is 11.0 Å². The number of anilines is 1. The van der Waals surface area contributed by atoms with Gasteiger partial charge in [0.1, 0.15) is 11.4 Å². The number of aromatic nitrogens is 2. The third-order valence-corrected chi connectivity index (χ3v) is 2.28. The molecular weight excluding hydrogens is 188 g/mol. The number of hydrogen-bond donors (Lipinski definition) is 2. The fourth-order valence-electron chi connectivity index (χ4n) is 0.677. The van der Waals surface area contributed by atoms with E-state index in [0.717, 1.165) is 0 Å². The first-order chi connectivity index (χ1) is 5.92. The summed E-state index contributed by atoms with van der Waals surface area (Å²) in [7, 11) is 0. The van der Waals surface area contributed by atoms with Gasteiger partial charge in [-0.15, -0.1) is 0 Å². The summed E-state index contributed by atoms with van der Waals surface area (Å²) in [4.78, 5) is 15.0. The fourth-order valence-corrected chi connectivity index (χ4v) is 1.41. The Balaban J connectivity index is 2.74. The first-order valence-electron chi connectivity index (χ1n) is 3.80. The summed E-state index contributed by atoms with van der Waals surface area (Å²) in [5.74, 6) is 0.271. The van der Waals surface area contributed by atoms with Crippen LogP contribution in [0.1, 0.15) is 19.7 Å². The molecule has 1 amide bonds. The van der Waals surface area contributed by atoms with Gasteiger partial charge in [0.05, 0.1) is 0 Å². The summed E-state index contributed by atoms with van der Waals surface area (Å²) in [6, 6.07) is 0. The highest BCUT2D eigenvalue weighted by atomic mass is 32.1. The zero-order valence-corrected chi connectivity index (χ0v) is 8.60. The van der Waals surface area contributed by atoms with Crippen molar-refractivity contribution in [3.63, 3.8) is 0 Å². The molecular formula is C7H12N4OS. The van der Waals surface area contributed by atoms with Gasteiger partial charge in [-0.1, -0.05) is 0 Å². The van der Waals surface area contributed by atoms with Crippen LogP contribution in [0.25, 0.3) is 0 Å². The Morgan fingerprint density at radius 1 is 1.62 bits per heavy atom. The number of rotatable bonds is 3. The maximum atomic E-state index is 10.9. The minimum atomic E-state index is -0.786. The number of nitrogens with zero attached hydrogens (tertiary/aromatic N) is 2. The van der Waals surface area contributed by atoms with Crippen molar-refractivity contribution >= 4 is 22.6 Å². The molecule has 0 saturated heterocycles. The van der Waals surface area contributed by atoms with Gasteiger partial charge >= 0.3 is 0 Å². The molecule has 1 heterocycles. The number of carbonyl (C=O) groups is 1. The lowest BCUT2D eigenvalue weighted by Crippen LogP contribution is -2.44. The van der Waals surface area contributed by atoms with Crippen LogP contribution >= 0.6 is 11.5 Å². The number of aryl methyl sites for hydroxylation is 1. The average molecular weight is 200 g/mol. The standard InChI is InChI=1S/C7H12N4OS/c1-4-9-6(13-11-4)10-7(2,3)5(8)12/h1-3H3,(H2,8,12)(H,9,10,11). The minimum absolute atomic E-state index is 0.416. The van der Waals surface area contributed by atoms with Gasteiger partial charge in [0.25, 0.3) is 0 Å². The van der Waals surface area contributed by atoms with Crippen LogP contribution in [0.15, 0.2) is 0 Å². The van der Waals surface area contributed by atoms with Gasteiger partial charge in [-0.3, -0.25) is 4.79 Å². The number of amides is 1. The molecule has 3 N–H and O–H groups in total. The fraction of sp³-hybridized carbons (Fsp3) is 0.571. The first-order valence-corrected chi connectivity index (χ1v) is 4.57. The van der Waals surface area contributed by atoms with Crippen molar-refractivity contribution in [2.45, 2.75) is 26.3 Å². The van der Waals surface area contributed by atoms with Crippen molar-refractivity contribution < 1.29 is 4.79 Å². The van der Waals surface area contributed by atoms with E-state index in [1.54, 1.807) is 20.8 Å². The average Bonchev–Trinajstić information content (AvgIpc) is 2.34. The second kappa shape index (κ2) is 3.29. The maximum absolute atomic E-state index is 10.9. The summed E-state index contributed by atoms with van der Waals surface area (Å²) >= 11 is 1.21. The molecule has 0 fully saturated rings. The van der Waals surface area contributed by atoms with Crippen LogP contribution in [0.5, 0.6) is 0 Å². The minimum Gasteiger partial charge on any atom is -0.368 e. The largest absolute Gasteiger partial charge is 0.368 e. The molecule has 0 aromatic carbocycles. The number of nitrogens with one attached hydrogen (secondary N) is 1. The summed E-state index contributed by atoms with van der Waals surface area (Å²) in [6.07, 6.45) is 0. The molecule has 0 saturated carbocycles. The molecule has 5 nitrogen and oxygen atoms in total. The predicted octanol–water partition coefficient (Wildman–Crippen LogP) is 0.522. The molecule has 6 heteroatoms. The van der Waals surface area contributed by atoms with Gasteiger partial charge in [0.2, 0.25) is 11.0 Å². The second-order valence-electron chi connectivity index (χ2n) is 3.26. The lowest BCUT2D eigenvalue weighted by molar-refractivity contribution is -0.121. The van der Waals surface area contributed by atoms with Crippen molar-refractivity contribution in [3.8, 4) is 0 Å². The van der Waals surface area contributed by atoms with Crippen LogP contribution in [-0.4, -0.2) is 20.8 Å². The van der Waals surface area contributed by atoms with Crippen molar-refractivity contribution in [1.29, 1.82) is 0 Å². The van der Waals surface area contributed by atoms with E-state index in [9.17, 15) is 4.79 Å². The normalized spacial score (nSPS) is 11.3. The number of carbonyl (C=O) groups excluding carboxylic acids is 1. The summed E-state index contributed by atoms with van der Waals surface area (Å²) in [6.45, 7) is 5.19. The third-order valence-electron chi connectivity index (χ3n) is 1.56. The Hall–Kier alpha value is -1.17. The zero-order chi connectivity index (χ0) is 10.1. The quantitative estimate of drug-likeness (QED) is 0.745. The SMILES string of the molecule is Cc1nsc(NC(C)(C)C(N)=O)n1. The molecule has 72 valence electrons. The lowest BCUT2D eigenvalue weighted by Gasteiger charge is -2.20. The molecule has 1 rings (SSSR count). The Kier molecular flexibility index (Phi) is 2.51. The van der Waals surface area contributed by atoms with Crippen LogP contribution in [0.4, 0.5) is 5.13 Å². The van der Waals surface area contributed by atoms with Crippen LogP contribution in [0, 0.1) is 6.92 Å². The molecule has 0 atom stereocenters. The molecule has 0 aliphatic carbocycles. The monoisotopic (exact) mass is 200 g/mol. The number of primary amides is 1. The molecule has 0 bridgehead atoms. The zero-order valence-electron chi connectivity index (χ0n) is 7.79. The van der Waals surface area contributed by atoms with E-state index in [1.807, 2.05) is 0 Å². The molecule has 0 unspecified atom stereocenters. The Bertz CT molecular complexity index is 320. The van der Waals surface area contributed by atoms with E-state index >= 15 is 0 Å². The van der Waals surface area contributed by atoms with Crippen molar-refractivity contribution in [3.05, 3.63) is 5.82 Å². The Morgan fingerprint density at radius 3 is 2.62 bits per heavy atom. The summed E-state index contributed by atoms with van der Waals surface area (Å²) < 4.78 is 3.98. The van der Waals surface area contributed by atoms with E-state index < -0.39 is 11.4 Å². The molecule has 0 spiro atoms. The Labute approximate surface area is 80.5 Å². The highest BCUT2D eigenvalue weighted by Crippen LogP contribution is 2.16. The van der Waals surface area contributed by atoms with E-state index in [4.69, 9.17) is 5.73 Å². The highest BCUT2D eigenvalue weighted by Gasteiger charge is 2.25. The maximum Gasteiger partial charge on any atom is 0.242 e. The second-order valence-corrected chi connectivity index (χ2v) is 4.01. The van der Waals surface area contributed by atoms with Crippen molar-refractivity contribution in [2.24, 2.45) is 5.73 Å². The molecule has 0 aliphatic heterocycles. The van der Waals surface area contributed by atoms with Gasteiger partial charge < -0.3 is 11.1 Å². The summed E-state index contributed by atoms with van der Waals surface area (Å²) in [5.41, 5.74) is 4.39. The third kappa shape index (κ3) is 2.38. The van der Waals surface area contributed by atoms with Crippen LogP contribution in [0.2, 0.25) is 0 Å². The first kappa shape index (κ1) is 9.91. The van der Waals surface area contributed by atoms with E-state index in [2.05, 4.69) is 14.7 Å². The molecule has 13 heavy (non-hydrogen) atoms. The molecule has 1 aromatic rings. The molecule has 0 radical (unpaired) electrons. The number of nitrogens with two attached hydrogens (primary N) is 1. The van der Waals surface area contributed by atoms with E-state index in [1.165, 1.54) is 11.5 Å². The lowest BCUT2D eigenvalue weighted by atomic mass is 10.1. The highest BCUT2D eigenvalue weighted by molar-refractivity contribution is 7.09. The van der Waals surface area contributed by atoms with Crippen LogP contribution < -0.4 is 11.1 Å². The van der Waals surface area contributed by atoms with Crippen LogP contribution in [0.3, 0.4) is 0 Å². The molecule has 0 aliphatic rings. The van der Waals surface area contributed by atoms with Crippen molar-refractivity contribution in [2.75, 3.05) is 5.32 Å². The predicted molar refractivity (Wildman–Crippen MR) is 51.5 cm³/mol. The number of hydrogen-bond acceptors (Lipinski definition) is 5. The van der Waals surface area contributed by atoms with Gasteiger partial charge in [-0.05, 0) is 20.8 Å². The van der Waals surface area contributed by atoms with Crippen molar-refractivity contribution in [1.82, 2.24) is 9.36 Å².